The summed E-state index contributed by atoms with van der Waals surface area (Å²) in [5, 5.41) is 0.869. The molecule has 0 atom stereocenters. The number of nitrogen functional groups attached to an aromatic ring is 2. The molecule has 192 valence electrons. The van der Waals surface area contributed by atoms with Crippen molar-refractivity contribution in [2.24, 2.45) is 0 Å². The molecule has 4 rings (SSSR count). The zero-order valence-corrected chi connectivity index (χ0v) is 22.1. The van der Waals surface area contributed by atoms with Crippen LogP contribution >= 0.6 is 23.2 Å². The summed E-state index contributed by atoms with van der Waals surface area (Å²) in [5.74, 6) is 0.416. The molecule has 0 aliphatic rings. The van der Waals surface area contributed by atoms with Gasteiger partial charge in [0.1, 0.15) is 5.82 Å². The number of pyridine rings is 1. The molecule has 0 bridgehead atoms. The first kappa shape index (κ1) is 26.8. The molecule has 4 N–H and O–H groups in total. The predicted octanol–water partition coefficient (Wildman–Crippen LogP) is 5.17. The van der Waals surface area contributed by atoms with Crippen molar-refractivity contribution in [1.82, 2.24) is 9.97 Å². The van der Waals surface area contributed by atoms with Crippen LogP contribution in [-0.4, -0.2) is 18.4 Å². The quantitative estimate of drug-likeness (QED) is 0.165. The van der Waals surface area contributed by atoms with E-state index in [1.165, 1.54) is 12.1 Å². The lowest BCUT2D eigenvalue weighted by molar-refractivity contribution is -0.688. The van der Waals surface area contributed by atoms with Gasteiger partial charge in [-0.2, -0.15) is 13.4 Å². The number of hydrogen-bond donors (Lipinski definition) is 2. The van der Waals surface area contributed by atoms with Crippen molar-refractivity contribution in [2.45, 2.75) is 37.1 Å². The van der Waals surface area contributed by atoms with Crippen LogP contribution in [0.4, 0.5) is 15.7 Å². The van der Waals surface area contributed by atoms with E-state index < -0.39 is 10.2 Å². The molecule has 7 nitrogen and oxygen atoms in total. The van der Waals surface area contributed by atoms with Crippen LogP contribution in [0.15, 0.2) is 71.9 Å². The lowest BCUT2D eigenvalue weighted by Crippen LogP contribution is -2.33. The number of hydrogen-bond acceptors (Lipinski definition) is 6. The average molecular weight is 561 g/mol. The molecule has 0 aliphatic carbocycles. The normalized spacial score (nSPS) is 11.5. The van der Waals surface area contributed by atoms with E-state index in [0.29, 0.717) is 34.4 Å². The lowest BCUT2D eigenvalue weighted by Gasteiger charge is -2.13. The molecule has 2 heterocycles. The number of benzene rings is 2. The van der Waals surface area contributed by atoms with Crippen molar-refractivity contribution in [2.75, 3.05) is 11.5 Å². The largest absolute Gasteiger partial charge is 0.383 e. The number of halogens is 3. The molecule has 0 unspecified atom stereocenters. The number of rotatable bonds is 9. The van der Waals surface area contributed by atoms with Gasteiger partial charge < -0.3 is 11.5 Å². The fourth-order valence-electron chi connectivity index (χ4n) is 4.11. The number of anilines is 2. The van der Waals surface area contributed by atoms with Crippen LogP contribution in [0, 0.1) is 0 Å². The fraction of sp³-hybridized carbons (Fsp3) is 0.192. The highest BCUT2D eigenvalue weighted by atomic mass is 35.5. The molecule has 0 aliphatic heterocycles. The molecule has 0 saturated heterocycles. The van der Waals surface area contributed by atoms with Gasteiger partial charge >= 0.3 is 10.2 Å². The molecule has 11 heteroatoms. The fourth-order valence-corrected chi connectivity index (χ4v) is 4.86. The average Bonchev–Trinajstić information content (AvgIpc) is 2.83. The maximum atomic E-state index is 13.1. The Morgan fingerprint density at radius 3 is 2.32 bits per heavy atom. The number of nitrogens with zero attached hydrogens (tertiary/aromatic N) is 3. The Labute approximate surface area is 225 Å². The van der Waals surface area contributed by atoms with Crippen LogP contribution in [-0.2, 0) is 29.6 Å². The summed E-state index contributed by atoms with van der Waals surface area (Å²) in [4.78, 5) is 8.21. The van der Waals surface area contributed by atoms with Crippen LogP contribution < -0.4 is 16.0 Å². The Bertz CT molecular complexity index is 1530. The minimum absolute atomic E-state index is 0.123. The van der Waals surface area contributed by atoms with Gasteiger partial charge in [0.2, 0.25) is 5.95 Å². The molecular formula is C26H25Cl2FN5O2S+. The van der Waals surface area contributed by atoms with Crippen molar-refractivity contribution < 1.29 is 16.9 Å². The first-order chi connectivity index (χ1) is 17.6. The zero-order valence-electron chi connectivity index (χ0n) is 19.7. The predicted molar refractivity (Wildman–Crippen MR) is 143 cm³/mol. The van der Waals surface area contributed by atoms with Crippen molar-refractivity contribution in [1.29, 1.82) is 0 Å². The number of aryl methyl sites for hydroxylation is 2. The van der Waals surface area contributed by atoms with Crippen molar-refractivity contribution >= 4 is 45.2 Å². The molecule has 0 spiro atoms. The third-order valence-corrected chi connectivity index (χ3v) is 7.43. The van der Waals surface area contributed by atoms with Crippen molar-refractivity contribution in [3.8, 4) is 11.1 Å². The summed E-state index contributed by atoms with van der Waals surface area (Å²) < 4.78 is 37.1. The Kier molecular flexibility index (Phi) is 8.26. The summed E-state index contributed by atoms with van der Waals surface area (Å²) in [6.45, 7) is 0.535. The van der Waals surface area contributed by atoms with E-state index in [1.807, 2.05) is 29.1 Å². The number of nitrogens with two attached hydrogens (primary N) is 2. The highest BCUT2D eigenvalue weighted by Crippen LogP contribution is 2.33. The van der Waals surface area contributed by atoms with Gasteiger partial charge in [0.15, 0.2) is 18.9 Å². The van der Waals surface area contributed by atoms with E-state index in [0.717, 1.165) is 41.6 Å². The molecule has 2 aromatic carbocycles. The molecule has 0 saturated carbocycles. The van der Waals surface area contributed by atoms with E-state index in [2.05, 4.69) is 16.0 Å². The zero-order chi connectivity index (χ0) is 26.6. The van der Waals surface area contributed by atoms with E-state index in [9.17, 15) is 12.3 Å². The second kappa shape index (κ2) is 11.4. The van der Waals surface area contributed by atoms with E-state index >= 15 is 0 Å². The van der Waals surface area contributed by atoms with Gasteiger partial charge in [-0.3, -0.25) is 0 Å². The van der Waals surface area contributed by atoms with E-state index in [1.54, 1.807) is 24.3 Å². The highest BCUT2D eigenvalue weighted by molar-refractivity contribution is 7.86. The number of unbranched alkanes of at least 4 members (excludes halogenated alkanes) is 1. The lowest BCUT2D eigenvalue weighted by atomic mass is 10.00. The summed E-state index contributed by atoms with van der Waals surface area (Å²) >= 11 is 12.3. The third-order valence-electron chi connectivity index (χ3n) is 5.86. The van der Waals surface area contributed by atoms with E-state index in [-0.39, 0.29) is 10.8 Å². The SMILES string of the molecule is Nc1nc(N)c(-c2ccc(Cl)c(Cl)c2)c(CCCCc2ccc[n+](Cc3ccc(S(=O)(=O)F)cc3)c2)n1. The highest BCUT2D eigenvalue weighted by Gasteiger charge is 2.15. The molecule has 0 fully saturated rings. The molecule has 37 heavy (non-hydrogen) atoms. The Hall–Kier alpha value is -3.27. The summed E-state index contributed by atoms with van der Waals surface area (Å²) in [7, 11) is -4.70. The summed E-state index contributed by atoms with van der Waals surface area (Å²) in [6.07, 6.45) is 7.22. The Morgan fingerprint density at radius 1 is 0.892 bits per heavy atom. The minimum atomic E-state index is -4.70. The monoisotopic (exact) mass is 560 g/mol. The molecule has 2 aromatic heterocycles. The third kappa shape index (κ3) is 6.94. The van der Waals surface area contributed by atoms with Crippen molar-refractivity contribution in [3.05, 3.63) is 93.9 Å². The molecule has 0 amide bonds. The van der Waals surface area contributed by atoms with Gasteiger partial charge in [-0.25, -0.2) is 9.55 Å². The first-order valence-electron chi connectivity index (χ1n) is 11.5. The van der Waals surface area contributed by atoms with Gasteiger partial charge in [-0.05, 0) is 61.6 Å². The van der Waals surface area contributed by atoms with Crippen LogP contribution in [0.1, 0.15) is 29.7 Å². The molecular weight excluding hydrogens is 536 g/mol. The molecule has 0 radical (unpaired) electrons. The number of aromatic nitrogens is 3. The van der Waals surface area contributed by atoms with Crippen LogP contribution in [0.25, 0.3) is 11.1 Å². The van der Waals surface area contributed by atoms with Gasteiger partial charge in [-0.1, -0.05) is 41.4 Å². The first-order valence-corrected chi connectivity index (χ1v) is 13.6. The standard InChI is InChI=1S/C26H25Cl2FN5O2S/c27-21-12-9-19(14-22(21)28)24-23(32-26(31)33-25(24)30)6-2-1-4-17-5-3-13-34(15-17)16-18-7-10-20(11-8-18)37(29,35)36/h3,5,7-15H,1-2,4,6,16H2,(H4,30,31,32,33)/q+1. The Morgan fingerprint density at radius 2 is 1.62 bits per heavy atom. The summed E-state index contributed by atoms with van der Waals surface area (Å²) in [6, 6.07) is 15.1. The van der Waals surface area contributed by atoms with E-state index in [4.69, 9.17) is 34.7 Å². The van der Waals surface area contributed by atoms with Crippen LogP contribution in [0.3, 0.4) is 0 Å². The maximum absolute atomic E-state index is 13.1. The second-order valence-electron chi connectivity index (χ2n) is 8.59. The van der Waals surface area contributed by atoms with Gasteiger partial charge in [0.05, 0.1) is 20.6 Å². The van der Waals surface area contributed by atoms with Crippen molar-refractivity contribution in [3.63, 3.8) is 0 Å². The second-order valence-corrected chi connectivity index (χ2v) is 10.8. The Balaban J connectivity index is 1.40. The van der Waals surface area contributed by atoms with Crippen LogP contribution in [0.5, 0.6) is 0 Å². The summed E-state index contributed by atoms with van der Waals surface area (Å²) in [5.41, 5.74) is 16.3. The van der Waals surface area contributed by atoms with Gasteiger partial charge in [0, 0.05) is 22.8 Å². The minimum Gasteiger partial charge on any atom is -0.383 e. The smallest absolute Gasteiger partial charge is 0.332 e. The topological polar surface area (TPSA) is 116 Å². The maximum Gasteiger partial charge on any atom is 0.332 e. The van der Waals surface area contributed by atoms with Crippen LogP contribution in [0.2, 0.25) is 10.0 Å². The molecule has 4 aromatic rings. The van der Waals surface area contributed by atoms with Gasteiger partial charge in [0.25, 0.3) is 0 Å². The van der Waals surface area contributed by atoms with Gasteiger partial charge in [-0.15, -0.1) is 3.89 Å².